The van der Waals surface area contributed by atoms with Gasteiger partial charge < -0.3 is 9.67 Å². The molecule has 1 aliphatic rings. The predicted molar refractivity (Wildman–Crippen MR) is 82.8 cm³/mol. The zero-order chi connectivity index (χ0) is 14.8. The van der Waals surface area contributed by atoms with Crippen molar-refractivity contribution in [1.29, 1.82) is 0 Å². The Balaban J connectivity index is 1.87. The van der Waals surface area contributed by atoms with E-state index < -0.39 is 5.97 Å². The number of aryl methyl sites for hydroxylation is 1. The predicted octanol–water partition coefficient (Wildman–Crippen LogP) is 2.54. The van der Waals surface area contributed by atoms with Gasteiger partial charge in [0.15, 0.2) is 0 Å². The molecule has 0 unspecified atom stereocenters. The second kappa shape index (κ2) is 5.69. The highest BCUT2D eigenvalue weighted by molar-refractivity contribution is 7.12. The number of rotatable bonds is 4. The molecule has 21 heavy (non-hydrogen) atoms. The second-order valence-corrected chi connectivity index (χ2v) is 6.26. The lowest BCUT2D eigenvalue weighted by Crippen LogP contribution is -2.22. The zero-order valence-corrected chi connectivity index (χ0v) is 12.2. The Kier molecular flexibility index (Phi) is 3.75. The van der Waals surface area contributed by atoms with Crippen molar-refractivity contribution in [2.45, 2.75) is 25.8 Å². The van der Waals surface area contributed by atoms with Crippen molar-refractivity contribution in [3.63, 3.8) is 0 Å². The fraction of sp³-hybridized carbons (Fsp3) is 0.250. The van der Waals surface area contributed by atoms with Gasteiger partial charge in [-0.2, -0.15) is 0 Å². The van der Waals surface area contributed by atoms with Crippen molar-refractivity contribution in [1.82, 2.24) is 4.57 Å². The average molecular weight is 301 g/mol. The molecule has 3 rings (SSSR count). The van der Waals surface area contributed by atoms with E-state index in [4.69, 9.17) is 5.11 Å². The normalized spacial score (nSPS) is 13.7. The van der Waals surface area contributed by atoms with E-state index >= 15 is 0 Å². The van der Waals surface area contributed by atoms with Crippen molar-refractivity contribution >= 4 is 23.4 Å². The van der Waals surface area contributed by atoms with E-state index in [0.717, 1.165) is 40.8 Å². The van der Waals surface area contributed by atoms with Crippen LogP contribution in [-0.2, 0) is 24.2 Å². The van der Waals surface area contributed by atoms with Gasteiger partial charge in [-0.25, -0.2) is 4.79 Å². The molecular formula is C16H15NO3S. The van der Waals surface area contributed by atoms with E-state index in [9.17, 15) is 9.59 Å². The summed E-state index contributed by atoms with van der Waals surface area (Å²) in [5.74, 6) is -0.956. The molecule has 0 saturated heterocycles. The van der Waals surface area contributed by atoms with Crippen LogP contribution in [0.3, 0.4) is 0 Å². The minimum absolute atomic E-state index is 0.0340. The van der Waals surface area contributed by atoms with Gasteiger partial charge in [-0.3, -0.25) is 4.79 Å². The molecule has 0 aliphatic heterocycles. The topological polar surface area (TPSA) is 59.3 Å². The van der Waals surface area contributed by atoms with Crippen LogP contribution in [0.4, 0.5) is 0 Å². The summed E-state index contributed by atoms with van der Waals surface area (Å²) in [7, 11) is 0. The smallest absolute Gasteiger partial charge is 0.328 e. The third-order valence-electron chi connectivity index (χ3n) is 3.64. The highest BCUT2D eigenvalue weighted by Gasteiger charge is 2.16. The van der Waals surface area contributed by atoms with Crippen LogP contribution in [0.25, 0.3) is 6.08 Å². The number of carboxylic acids is 1. The monoisotopic (exact) mass is 301 g/mol. The number of hydrogen-bond donors (Lipinski definition) is 1. The van der Waals surface area contributed by atoms with Crippen LogP contribution in [0, 0.1) is 0 Å². The first kappa shape index (κ1) is 13.8. The first-order valence-electron chi connectivity index (χ1n) is 6.85. The number of fused-ring (bicyclic) bond motifs is 1. The van der Waals surface area contributed by atoms with Crippen LogP contribution in [0.2, 0.25) is 0 Å². The van der Waals surface area contributed by atoms with Gasteiger partial charge >= 0.3 is 5.97 Å². The molecule has 2 heterocycles. The Morgan fingerprint density at radius 3 is 2.95 bits per heavy atom. The number of carbonyl (C=O) groups is 1. The molecule has 0 aromatic carbocycles. The maximum atomic E-state index is 12.1. The molecule has 0 amide bonds. The Bertz CT molecular complexity index is 770. The molecule has 1 N–H and O–H groups in total. The third-order valence-corrected chi connectivity index (χ3v) is 4.67. The number of hydrogen-bond acceptors (Lipinski definition) is 3. The summed E-state index contributed by atoms with van der Waals surface area (Å²) in [5, 5.41) is 8.63. The number of pyridine rings is 1. The summed E-state index contributed by atoms with van der Waals surface area (Å²) >= 11 is 1.51. The molecule has 108 valence electrons. The fourth-order valence-electron chi connectivity index (χ4n) is 2.69. The van der Waals surface area contributed by atoms with Crippen LogP contribution in [0.5, 0.6) is 0 Å². The van der Waals surface area contributed by atoms with Gasteiger partial charge in [-0.1, -0.05) is 6.07 Å². The molecule has 2 aromatic heterocycles. The van der Waals surface area contributed by atoms with Gasteiger partial charge in [0.25, 0.3) is 5.56 Å². The van der Waals surface area contributed by atoms with Crippen LogP contribution in [0.1, 0.15) is 27.4 Å². The zero-order valence-electron chi connectivity index (χ0n) is 11.4. The minimum Gasteiger partial charge on any atom is -0.478 e. The summed E-state index contributed by atoms with van der Waals surface area (Å²) in [6.45, 7) is 0.563. The van der Waals surface area contributed by atoms with Gasteiger partial charge in [0, 0.05) is 27.6 Å². The van der Waals surface area contributed by atoms with Gasteiger partial charge in [-0.15, -0.1) is 11.3 Å². The summed E-state index contributed by atoms with van der Waals surface area (Å²) < 4.78 is 1.85. The second-order valence-electron chi connectivity index (χ2n) is 5.06. The van der Waals surface area contributed by atoms with E-state index in [2.05, 4.69) is 0 Å². The number of aromatic nitrogens is 1. The van der Waals surface area contributed by atoms with Gasteiger partial charge in [0.2, 0.25) is 0 Å². The van der Waals surface area contributed by atoms with Crippen molar-refractivity contribution in [3.05, 3.63) is 61.7 Å². The van der Waals surface area contributed by atoms with Gasteiger partial charge in [-0.05, 0) is 43.0 Å². The lowest BCUT2D eigenvalue weighted by Gasteiger charge is -2.10. The quantitative estimate of drug-likeness (QED) is 0.883. The van der Waals surface area contributed by atoms with Crippen molar-refractivity contribution < 1.29 is 9.90 Å². The van der Waals surface area contributed by atoms with Crippen LogP contribution < -0.4 is 5.56 Å². The third kappa shape index (κ3) is 2.97. The molecule has 1 aliphatic carbocycles. The average Bonchev–Trinajstić information content (AvgIpc) is 3.08. The molecule has 0 saturated carbocycles. The molecule has 5 heteroatoms. The van der Waals surface area contributed by atoms with E-state index in [1.54, 1.807) is 12.1 Å². The molecule has 2 aromatic rings. The van der Waals surface area contributed by atoms with E-state index in [1.807, 2.05) is 22.8 Å². The Hall–Kier alpha value is -2.14. The Morgan fingerprint density at radius 2 is 2.14 bits per heavy atom. The van der Waals surface area contributed by atoms with Crippen molar-refractivity contribution in [2.24, 2.45) is 0 Å². The van der Waals surface area contributed by atoms with Gasteiger partial charge in [0.05, 0.1) is 6.54 Å². The summed E-state index contributed by atoms with van der Waals surface area (Å²) in [6.07, 6.45) is 5.82. The Morgan fingerprint density at radius 1 is 1.29 bits per heavy atom. The first-order chi connectivity index (χ1) is 10.1. The molecule has 0 fully saturated rings. The SMILES string of the molecule is O=C(O)/C=C/c1ccc(Cn2c3c(ccc2=O)CCC3)s1. The highest BCUT2D eigenvalue weighted by atomic mass is 32.1. The summed E-state index contributed by atoms with van der Waals surface area (Å²) in [6, 6.07) is 7.42. The standard InChI is InChI=1S/C16H15NO3S/c18-15-8-4-11-2-1-3-14(11)17(15)10-13-6-5-12(21-13)7-9-16(19)20/h4-9H,1-3,10H2,(H,19,20)/b9-7+. The van der Waals surface area contributed by atoms with Crippen molar-refractivity contribution in [3.8, 4) is 0 Å². The van der Waals surface area contributed by atoms with Gasteiger partial charge in [0.1, 0.15) is 0 Å². The lowest BCUT2D eigenvalue weighted by atomic mass is 10.2. The summed E-state index contributed by atoms with van der Waals surface area (Å²) in [4.78, 5) is 24.5. The van der Waals surface area contributed by atoms with Crippen molar-refractivity contribution in [2.75, 3.05) is 0 Å². The number of aliphatic carboxylic acids is 1. The number of nitrogens with zero attached hydrogens (tertiary/aromatic N) is 1. The first-order valence-corrected chi connectivity index (χ1v) is 7.66. The maximum absolute atomic E-state index is 12.1. The molecule has 0 atom stereocenters. The highest BCUT2D eigenvalue weighted by Crippen LogP contribution is 2.23. The fourth-order valence-corrected chi connectivity index (χ4v) is 3.59. The van der Waals surface area contributed by atoms with Crippen LogP contribution >= 0.6 is 11.3 Å². The van der Waals surface area contributed by atoms with Crippen LogP contribution in [0.15, 0.2) is 35.1 Å². The summed E-state index contributed by atoms with van der Waals surface area (Å²) in [5.41, 5.74) is 2.46. The van der Waals surface area contributed by atoms with E-state index in [1.165, 1.54) is 16.9 Å². The maximum Gasteiger partial charge on any atom is 0.328 e. The van der Waals surface area contributed by atoms with E-state index in [-0.39, 0.29) is 5.56 Å². The molecule has 4 nitrogen and oxygen atoms in total. The molecule has 0 bridgehead atoms. The Labute approximate surface area is 126 Å². The largest absolute Gasteiger partial charge is 0.478 e. The molecule has 0 radical (unpaired) electrons. The molecular weight excluding hydrogens is 286 g/mol. The lowest BCUT2D eigenvalue weighted by molar-refractivity contribution is -0.131. The number of thiophene rings is 1. The van der Waals surface area contributed by atoms with Crippen LogP contribution in [-0.4, -0.2) is 15.6 Å². The number of carboxylic acid groups (broad SMARTS) is 1. The molecule has 0 spiro atoms. The van der Waals surface area contributed by atoms with E-state index in [0.29, 0.717) is 6.54 Å². The minimum atomic E-state index is -0.956.